The number of carbonyl (C=O) groups excluding carboxylic acids is 2. The van der Waals surface area contributed by atoms with Crippen LogP contribution in [0.5, 0.6) is 0 Å². The summed E-state index contributed by atoms with van der Waals surface area (Å²) in [6.07, 6.45) is 8.34. The number of fused-ring (bicyclic) bond motifs is 1. The second kappa shape index (κ2) is 9.67. The Bertz CT molecular complexity index is 1350. The molecule has 1 aliphatic carbocycles. The third-order valence-corrected chi connectivity index (χ3v) is 8.34. The van der Waals surface area contributed by atoms with Crippen LogP contribution in [0.25, 0.3) is 10.9 Å². The van der Waals surface area contributed by atoms with Crippen molar-refractivity contribution < 1.29 is 14.3 Å². The highest BCUT2D eigenvalue weighted by molar-refractivity contribution is 6.40. The second-order valence-electron chi connectivity index (χ2n) is 11.1. The topological polar surface area (TPSA) is 119 Å². The first-order chi connectivity index (χ1) is 18.3. The number of hydrogen-bond acceptors (Lipinski definition) is 7. The average molecular weight is 518 g/mol. The lowest BCUT2D eigenvalue weighted by molar-refractivity contribution is -0.148. The Labute approximate surface area is 222 Å². The number of piperazine rings is 1. The smallest absolute Gasteiger partial charge is 0.314 e. The second-order valence-corrected chi connectivity index (χ2v) is 11.1. The summed E-state index contributed by atoms with van der Waals surface area (Å²) in [5.74, 6) is -0.957. The average Bonchev–Trinajstić information content (AvgIpc) is 3.51. The van der Waals surface area contributed by atoms with Gasteiger partial charge in [-0.25, -0.2) is 9.67 Å². The summed E-state index contributed by atoms with van der Waals surface area (Å²) in [7, 11) is 0. The van der Waals surface area contributed by atoms with Crippen molar-refractivity contribution in [2.45, 2.75) is 69.8 Å². The number of rotatable bonds is 4. The van der Waals surface area contributed by atoms with E-state index in [1.54, 1.807) is 15.8 Å². The van der Waals surface area contributed by atoms with Gasteiger partial charge >= 0.3 is 11.8 Å². The van der Waals surface area contributed by atoms with Gasteiger partial charge in [-0.3, -0.25) is 14.5 Å². The molecule has 2 saturated heterocycles. The molecule has 3 atom stereocenters. The molecule has 10 heteroatoms. The van der Waals surface area contributed by atoms with Gasteiger partial charge in [0.2, 0.25) is 0 Å². The molecular weight excluding hydrogens is 482 g/mol. The lowest BCUT2D eigenvalue weighted by Gasteiger charge is -2.48. The summed E-state index contributed by atoms with van der Waals surface area (Å²) < 4.78 is 7.60. The maximum atomic E-state index is 13.7. The van der Waals surface area contributed by atoms with Crippen LogP contribution in [0.1, 0.15) is 63.8 Å². The van der Waals surface area contributed by atoms with E-state index in [9.17, 15) is 9.59 Å². The number of amides is 2. The summed E-state index contributed by atoms with van der Waals surface area (Å²) in [6, 6.07) is 9.90. The van der Waals surface area contributed by atoms with E-state index < -0.39 is 11.8 Å². The van der Waals surface area contributed by atoms with Crippen LogP contribution in [0.2, 0.25) is 0 Å². The molecule has 1 aromatic carbocycles. The third-order valence-electron chi connectivity index (χ3n) is 8.34. The largest absolute Gasteiger partial charge is 0.383 e. The molecule has 0 bridgehead atoms. The molecule has 2 aromatic heterocycles. The van der Waals surface area contributed by atoms with Crippen molar-refractivity contribution in [1.82, 2.24) is 24.6 Å². The van der Waals surface area contributed by atoms with Crippen molar-refractivity contribution in [3.8, 4) is 0 Å². The number of nitrogens with two attached hydrogens (primary N) is 1. The number of anilines is 2. The number of aromatic nitrogens is 3. The zero-order chi connectivity index (χ0) is 26.4. The van der Waals surface area contributed by atoms with Gasteiger partial charge in [0.25, 0.3) is 0 Å². The summed E-state index contributed by atoms with van der Waals surface area (Å²) in [5, 5.41) is 8.07. The Morgan fingerprint density at radius 3 is 2.66 bits per heavy atom. The Hall–Kier alpha value is -3.50. The first-order valence-corrected chi connectivity index (χ1v) is 13.5. The van der Waals surface area contributed by atoms with Crippen molar-refractivity contribution in [3.05, 3.63) is 48.3 Å². The van der Waals surface area contributed by atoms with E-state index in [1.807, 2.05) is 30.3 Å². The number of nitrogen functional groups attached to an aromatic ring is 1. The van der Waals surface area contributed by atoms with Crippen LogP contribution in [0.15, 0.2) is 42.7 Å². The van der Waals surface area contributed by atoms with Gasteiger partial charge in [-0.15, -0.1) is 0 Å². The van der Waals surface area contributed by atoms with Gasteiger partial charge < -0.3 is 20.7 Å². The third kappa shape index (κ3) is 4.52. The van der Waals surface area contributed by atoms with Crippen LogP contribution in [-0.2, 0) is 14.3 Å². The minimum Gasteiger partial charge on any atom is -0.383 e. The van der Waals surface area contributed by atoms with Gasteiger partial charge in [-0.2, -0.15) is 5.10 Å². The monoisotopic (exact) mass is 517 g/mol. The highest BCUT2D eigenvalue weighted by Gasteiger charge is 2.49. The molecule has 200 valence electrons. The van der Waals surface area contributed by atoms with Crippen LogP contribution >= 0.6 is 0 Å². The number of ether oxygens (including phenoxy) is 1. The lowest BCUT2D eigenvalue weighted by atomic mass is 9.97. The number of carbonyl (C=O) groups is 2. The lowest BCUT2D eigenvalue weighted by Crippen LogP contribution is -2.59. The summed E-state index contributed by atoms with van der Waals surface area (Å²) >= 11 is 0. The van der Waals surface area contributed by atoms with Gasteiger partial charge in [0.15, 0.2) is 0 Å². The first-order valence-electron chi connectivity index (χ1n) is 13.5. The van der Waals surface area contributed by atoms with Crippen molar-refractivity contribution in [2.24, 2.45) is 0 Å². The number of hydrogen-bond donors (Lipinski definition) is 2. The van der Waals surface area contributed by atoms with Crippen LogP contribution in [0, 0.1) is 0 Å². The van der Waals surface area contributed by atoms with Crippen LogP contribution < -0.4 is 11.1 Å². The summed E-state index contributed by atoms with van der Waals surface area (Å²) in [5.41, 5.74) is 8.18. The van der Waals surface area contributed by atoms with Crippen LogP contribution in [-0.4, -0.2) is 67.7 Å². The standard InChI is InChI=1S/C28H35N7O3/c1-18-15-33(22(19-8-4-3-5-9-19)17-34(18)28(2)11-12-28)27(37)26(36)31-21-14-30-25(29)20-16-35(32-24(20)21)23-10-6-7-13-38-23/h3-5,8-9,14,16,18,22-23H,6-7,10-13,15,17H2,1-2H3,(H2,29,30)(H,31,36)/t18-,22-,23?/m1/s1. The maximum Gasteiger partial charge on any atom is 0.314 e. The normalized spacial score (nSPS) is 25.3. The van der Waals surface area contributed by atoms with Gasteiger partial charge in [-0.05, 0) is 51.5 Å². The molecule has 3 aromatic rings. The predicted molar refractivity (Wildman–Crippen MR) is 144 cm³/mol. The fraction of sp³-hybridized carbons (Fsp3) is 0.500. The van der Waals surface area contributed by atoms with Crippen molar-refractivity contribution in [1.29, 1.82) is 0 Å². The summed E-state index contributed by atoms with van der Waals surface area (Å²) in [4.78, 5) is 35.5. The van der Waals surface area contributed by atoms with Gasteiger partial charge in [0.1, 0.15) is 17.6 Å². The Kier molecular flexibility index (Phi) is 6.31. The molecule has 0 radical (unpaired) electrons. The molecule has 3 N–H and O–H groups in total. The Balaban J connectivity index is 1.26. The fourth-order valence-electron chi connectivity index (χ4n) is 5.90. The molecule has 1 unspecified atom stereocenters. The Morgan fingerprint density at radius 1 is 1.16 bits per heavy atom. The van der Waals surface area contributed by atoms with E-state index in [1.165, 1.54) is 6.20 Å². The minimum atomic E-state index is -0.708. The van der Waals surface area contributed by atoms with E-state index >= 15 is 0 Å². The van der Waals surface area contributed by atoms with Gasteiger partial charge in [-0.1, -0.05) is 30.3 Å². The zero-order valence-electron chi connectivity index (χ0n) is 22.0. The van der Waals surface area contributed by atoms with Crippen molar-refractivity contribution >= 4 is 34.2 Å². The predicted octanol–water partition coefficient (Wildman–Crippen LogP) is 3.48. The molecule has 3 aliphatic rings. The highest BCUT2D eigenvalue weighted by atomic mass is 16.5. The molecule has 2 amide bonds. The van der Waals surface area contributed by atoms with E-state index in [0.29, 0.717) is 42.1 Å². The molecule has 2 aliphatic heterocycles. The summed E-state index contributed by atoms with van der Waals surface area (Å²) in [6.45, 7) is 6.27. The number of nitrogens with one attached hydrogen (secondary N) is 1. The van der Waals surface area contributed by atoms with E-state index in [-0.39, 0.29) is 23.9 Å². The van der Waals surface area contributed by atoms with Crippen molar-refractivity contribution in [3.63, 3.8) is 0 Å². The van der Waals surface area contributed by atoms with E-state index in [2.05, 4.69) is 34.1 Å². The number of pyridine rings is 1. The molecule has 3 fully saturated rings. The molecule has 0 spiro atoms. The molecule has 38 heavy (non-hydrogen) atoms. The highest BCUT2D eigenvalue weighted by Crippen LogP contribution is 2.45. The Morgan fingerprint density at radius 2 is 1.95 bits per heavy atom. The molecular formula is C28H35N7O3. The fourth-order valence-corrected chi connectivity index (χ4v) is 5.90. The molecule has 6 rings (SSSR count). The number of benzene rings is 1. The first kappa shape index (κ1) is 24.8. The zero-order valence-corrected chi connectivity index (χ0v) is 22.0. The van der Waals surface area contributed by atoms with Crippen molar-refractivity contribution in [2.75, 3.05) is 30.7 Å². The minimum absolute atomic E-state index is 0.148. The van der Waals surface area contributed by atoms with Gasteiger partial charge in [0.05, 0.1) is 23.3 Å². The van der Waals surface area contributed by atoms with Crippen LogP contribution in [0.3, 0.4) is 0 Å². The van der Waals surface area contributed by atoms with E-state index in [4.69, 9.17) is 10.5 Å². The molecule has 1 saturated carbocycles. The van der Waals surface area contributed by atoms with Gasteiger partial charge in [0, 0.05) is 37.5 Å². The van der Waals surface area contributed by atoms with E-state index in [0.717, 1.165) is 37.7 Å². The molecule has 10 nitrogen and oxygen atoms in total. The molecule has 4 heterocycles. The van der Waals surface area contributed by atoms with Crippen LogP contribution in [0.4, 0.5) is 11.5 Å². The number of nitrogens with zero attached hydrogens (tertiary/aromatic N) is 5. The SMILES string of the molecule is C[C@@H]1CN(C(=O)C(=O)Nc2cnc(N)c3cn(C4CCCCO4)nc23)[C@@H](c2ccccc2)CN1C1(C)CC1. The maximum absolute atomic E-state index is 13.7. The quantitative estimate of drug-likeness (QED) is 0.509.